The smallest absolute Gasteiger partial charge is 0.337 e. The molecule has 0 saturated carbocycles. The summed E-state index contributed by atoms with van der Waals surface area (Å²) in [6.45, 7) is 1.36. The van der Waals surface area contributed by atoms with Gasteiger partial charge in [-0.05, 0) is 24.3 Å². The molecule has 0 fully saturated rings. The molecule has 1 heterocycles. The molecular weight excluding hydrogens is 296 g/mol. The van der Waals surface area contributed by atoms with Gasteiger partial charge < -0.3 is 19.7 Å². The van der Waals surface area contributed by atoms with Crippen molar-refractivity contribution in [2.75, 3.05) is 44.6 Å². The van der Waals surface area contributed by atoms with Crippen molar-refractivity contribution in [3.8, 4) is 0 Å². The molecule has 2 aromatic rings. The molecular formula is C16H20N4O3. The van der Waals surface area contributed by atoms with E-state index in [2.05, 4.69) is 20.0 Å². The molecule has 0 amide bonds. The molecule has 0 aliphatic rings. The van der Waals surface area contributed by atoms with E-state index >= 15 is 0 Å². The Labute approximate surface area is 135 Å². The Bertz CT molecular complexity index is 646. The third-order valence-electron chi connectivity index (χ3n) is 3.25. The van der Waals surface area contributed by atoms with E-state index in [9.17, 15) is 4.79 Å². The molecule has 0 spiro atoms. The van der Waals surface area contributed by atoms with Crippen molar-refractivity contribution in [3.63, 3.8) is 0 Å². The Morgan fingerprint density at radius 3 is 2.61 bits per heavy atom. The van der Waals surface area contributed by atoms with Crippen LogP contribution in [0.3, 0.4) is 0 Å². The van der Waals surface area contributed by atoms with Crippen LogP contribution >= 0.6 is 0 Å². The standard InChI is InChI=1S/C16H20N4O3/c1-20(8-9-22-2)15-10-14(17-11-18-15)19-13-6-4-12(5-7-13)16(21)23-3/h4-7,10-11H,8-9H2,1-3H3,(H,17,18,19). The lowest BCUT2D eigenvalue weighted by atomic mass is 10.2. The number of nitrogens with zero attached hydrogens (tertiary/aromatic N) is 3. The van der Waals surface area contributed by atoms with Gasteiger partial charge in [0.05, 0.1) is 19.3 Å². The van der Waals surface area contributed by atoms with Crippen molar-refractivity contribution in [2.24, 2.45) is 0 Å². The highest BCUT2D eigenvalue weighted by Crippen LogP contribution is 2.18. The average Bonchev–Trinajstić information content (AvgIpc) is 2.60. The van der Waals surface area contributed by atoms with Gasteiger partial charge in [0.2, 0.25) is 0 Å². The number of hydrogen-bond acceptors (Lipinski definition) is 7. The molecule has 0 saturated heterocycles. The van der Waals surface area contributed by atoms with E-state index in [1.54, 1.807) is 31.4 Å². The number of likely N-dealkylation sites (N-methyl/N-ethyl adjacent to an activating group) is 1. The lowest BCUT2D eigenvalue weighted by Crippen LogP contribution is -2.23. The molecule has 2 rings (SSSR count). The molecule has 0 bridgehead atoms. The van der Waals surface area contributed by atoms with Crippen LogP contribution in [0, 0.1) is 0 Å². The fourth-order valence-electron chi connectivity index (χ4n) is 1.92. The van der Waals surface area contributed by atoms with Gasteiger partial charge in [-0.1, -0.05) is 0 Å². The van der Waals surface area contributed by atoms with Gasteiger partial charge in [-0.25, -0.2) is 14.8 Å². The lowest BCUT2D eigenvalue weighted by molar-refractivity contribution is 0.0601. The first-order valence-corrected chi connectivity index (χ1v) is 7.11. The van der Waals surface area contributed by atoms with E-state index in [-0.39, 0.29) is 5.97 Å². The highest BCUT2D eigenvalue weighted by molar-refractivity contribution is 5.89. The molecule has 0 radical (unpaired) electrons. The molecule has 0 aliphatic heterocycles. The maximum Gasteiger partial charge on any atom is 0.337 e. The van der Waals surface area contributed by atoms with E-state index in [1.165, 1.54) is 13.4 Å². The van der Waals surface area contributed by atoms with Crippen molar-refractivity contribution in [1.29, 1.82) is 0 Å². The van der Waals surface area contributed by atoms with E-state index in [4.69, 9.17) is 4.74 Å². The third kappa shape index (κ3) is 4.65. The Hall–Kier alpha value is -2.67. The number of esters is 1. The predicted molar refractivity (Wildman–Crippen MR) is 88.2 cm³/mol. The fraction of sp³-hybridized carbons (Fsp3) is 0.312. The summed E-state index contributed by atoms with van der Waals surface area (Å²) >= 11 is 0. The maximum absolute atomic E-state index is 11.4. The number of nitrogens with one attached hydrogen (secondary N) is 1. The zero-order valence-corrected chi connectivity index (χ0v) is 13.4. The number of ether oxygens (including phenoxy) is 2. The monoisotopic (exact) mass is 316 g/mol. The van der Waals surface area contributed by atoms with Crippen LogP contribution in [0.4, 0.5) is 17.3 Å². The molecule has 1 N–H and O–H groups in total. The summed E-state index contributed by atoms with van der Waals surface area (Å²) in [4.78, 5) is 21.8. The number of anilines is 3. The minimum atomic E-state index is -0.361. The Morgan fingerprint density at radius 1 is 1.22 bits per heavy atom. The number of aromatic nitrogens is 2. The summed E-state index contributed by atoms with van der Waals surface area (Å²) in [5.74, 6) is 1.11. The zero-order valence-electron chi connectivity index (χ0n) is 13.4. The third-order valence-corrected chi connectivity index (χ3v) is 3.25. The molecule has 1 aromatic heterocycles. The molecule has 1 aromatic carbocycles. The lowest BCUT2D eigenvalue weighted by Gasteiger charge is -2.18. The van der Waals surface area contributed by atoms with Crippen molar-refractivity contribution < 1.29 is 14.3 Å². The summed E-state index contributed by atoms with van der Waals surface area (Å²) in [5, 5.41) is 3.18. The largest absolute Gasteiger partial charge is 0.465 e. The van der Waals surface area contributed by atoms with Gasteiger partial charge in [0.15, 0.2) is 0 Å². The van der Waals surface area contributed by atoms with Crippen LogP contribution in [0.5, 0.6) is 0 Å². The summed E-state index contributed by atoms with van der Waals surface area (Å²) < 4.78 is 9.73. The van der Waals surface area contributed by atoms with E-state index in [1.807, 2.05) is 18.0 Å². The topological polar surface area (TPSA) is 76.6 Å². The molecule has 0 unspecified atom stereocenters. The first-order chi connectivity index (χ1) is 11.1. The van der Waals surface area contributed by atoms with Gasteiger partial charge in [-0.15, -0.1) is 0 Å². The second kappa shape index (κ2) is 8.09. The van der Waals surface area contributed by atoms with Crippen LogP contribution in [0.25, 0.3) is 0 Å². The highest BCUT2D eigenvalue weighted by atomic mass is 16.5. The Morgan fingerprint density at radius 2 is 1.96 bits per heavy atom. The second-order valence-electron chi connectivity index (χ2n) is 4.87. The number of rotatable bonds is 7. The number of hydrogen-bond donors (Lipinski definition) is 1. The van der Waals surface area contributed by atoms with Crippen LogP contribution in [0.15, 0.2) is 36.7 Å². The Balaban J connectivity index is 2.06. The second-order valence-corrected chi connectivity index (χ2v) is 4.87. The first-order valence-electron chi connectivity index (χ1n) is 7.11. The van der Waals surface area contributed by atoms with E-state index in [0.29, 0.717) is 18.0 Å². The molecule has 7 nitrogen and oxygen atoms in total. The van der Waals surface area contributed by atoms with Gasteiger partial charge in [-0.3, -0.25) is 0 Å². The quantitative estimate of drug-likeness (QED) is 0.784. The summed E-state index contributed by atoms with van der Waals surface area (Å²) in [6, 6.07) is 8.83. The van der Waals surface area contributed by atoms with Gasteiger partial charge >= 0.3 is 5.97 Å². The molecule has 23 heavy (non-hydrogen) atoms. The van der Waals surface area contributed by atoms with E-state index in [0.717, 1.165) is 18.1 Å². The molecule has 0 atom stereocenters. The number of carbonyl (C=O) groups is 1. The minimum Gasteiger partial charge on any atom is -0.465 e. The van der Waals surface area contributed by atoms with Crippen molar-refractivity contribution >= 4 is 23.3 Å². The van der Waals surface area contributed by atoms with Crippen LogP contribution in [0.2, 0.25) is 0 Å². The van der Waals surface area contributed by atoms with Crippen LogP contribution in [-0.4, -0.2) is 50.4 Å². The van der Waals surface area contributed by atoms with Gasteiger partial charge in [0.25, 0.3) is 0 Å². The molecule has 0 aliphatic carbocycles. The average molecular weight is 316 g/mol. The number of benzene rings is 1. The van der Waals surface area contributed by atoms with Gasteiger partial charge in [0, 0.05) is 32.5 Å². The normalized spacial score (nSPS) is 10.2. The van der Waals surface area contributed by atoms with Crippen molar-refractivity contribution in [2.45, 2.75) is 0 Å². The number of carbonyl (C=O) groups excluding carboxylic acids is 1. The van der Waals surface area contributed by atoms with Crippen molar-refractivity contribution in [3.05, 3.63) is 42.2 Å². The summed E-state index contributed by atoms with van der Waals surface area (Å²) in [6.07, 6.45) is 1.50. The van der Waals surface area contributed by atoms with E-state index < -0.39 is 0 Å². The zero-order chi connectivity index (χ0) is 16.7. The molecule has 122 valence electrons. The van der Waals surface area contributed by atoms with Crippen LogP contribution in [0.1, 0.15) is 10.4 Å². The first kappa shape index (κ1) is 16.7. The Kier molecular flexibility index (Phi) is 5.87. The maximum atomic E-state index is 11.4. The van der Waals surface area contributed by atoms with Gasteiger partial charge in [-0.2, -0.15) is 0 Å². The van der Waals surface area contributed by atoms with Gasteiger partial charge in [0.1, 0.15) is 18.0 Å². The SMILES string of the molecule is COCCN(C)c1cc(Nc2ccc(C(=O)OC)cc2)ncn1. The summed E-state index contributed by atoms with van der Waals surface area (Å²) in [5.41, 5.74) is 1.32. The predicted octanol–water partition coefficient (Wildman–Crippen LogP) is 2.09. The fourth-order valence-corrected chi connectivity index (χ4v) is 1.92. The number of methoxy groups -OCH3 is 2. The molecule has 7 heteroatoms. The highest BCUT2D eigenvalue weighted by Gasteiger charge is 2.06. The van der Waals surface area contributed by atoms with Crippen LogP contribution < -0.4 is 10.2 Å². The summed E-state index contributed by atoms with van der Waals surface area (Å²) in [7, 11) is 4.96. The van der Waals surface area contributed by atoms with Crippen molar-refractivity contribution in [1.82, 2.24) is 9.97 Å². The van der Waals surface area contributed by atoms with Crippen LogP contribution in [-0.2, 0) is 9.47 Å². The minimum absolute atomic E-state index is 0.361.